The van der Waals surface area contributed by atoms with E-state index in [1.54, 1.807) is 18.2 Å². The maximum Gasteiger partial charge on any atom is 0.255 e. The van der Waals surface area contributed by atoms with E-state index in [1.165, 1.54) is 10.4 Å². The Kier molecular flexibility index (Phi) is 6.05. The maximum atomic E-state index is 14.3. The van der Waals surface area contributed by atoms with Gasteiger partial charge in [0, 0.05) is 18.7 Å². The van der Waals surface area contributed by atoms with Gasteiger partial charge in [0.1, 0.15) is 10.7 Å². The highest BCUT2D eigenvalue weighted by atomic mass is 35.5. The number of benzene rings is 2. The Labute approximate surface area is 167 Å². The van der Waals surface area contributed by atoms with E-state index in [-0.39, 0.29) is 21.3 Å². The van der Waals surface area contributed by atoms with Gasteiger partial charge < -0.3 is 5.32 Å². The van der Waals surface area contributed by atoms with E-state index in [4.69, 9.17) is 23.2 Å². The summed E-state index contributed by atoms with van der Waals surface area (Å²) in [6.45, 7) is 0.687. The molecule has 1 fully saturated rings. The Hall–Kier alpha value is -1.67. The summed E-state index contributed by atoms with van der Waals surface area (Å²) in [5.41, 5.74) is 0.280. The minimum Gasteiger partial charge on any atom is -0.321 e. The molecule has 0 radical (unpaired) electrons. The molecule has 0 aliphatic carbocycles. The fraction of sp³-hybridized carbons (Fsp3) is 0.278. The van der Waals surface area contributed by atoms with Crippen molar-refractivity contribution in [3.05, 3.63) is 57.8 Å². The number of piperidine rings is 1. The monoisotopic (exact) mass is 430 g/mol. The molecule has 0 spiro atoms. The van der Waals surface area contributed by atoms with Gasteiger partial charge in [-0.25, -0.2) is 12.8 Å². The van der Waals surface area contributed by atoms with Crippen molar-refractivity contribution in [2.24, 2.45) is 0 Å². The third kappa shape index (κ3) is 4.27. The molecule has 0 aromatic heterocycles. The molecule has 1 N–H and O–H groups in total. The molecule has 0 saturated carbocycles. The Morgan fingerprint density at radius 3 is 2.48 bits per heavy atom. The lowest BCUT2D eigenvalue weighted by Gasteiger charge is -2.26. The first-order valence-corrected chi connectivity index (χ1v) is 10.6. The number of amides is 1. The van der Waals surface area contributed by atoms with Crippen LogP contribution in [0.25, 0.3) is 0 Å². The molecule has 27 heavy (non-hydrogen) atoms. The zero-order valence-electron chi connectivity index (χ0n) is 14.2. The first-order chi connectivity index (χ1) is 12.8. The lowest BCUT2D eigenvalue weighted by atomic mass is 10.2. The van der Waals surface area contributed by atoms with Gasteiger partial charge in [-0.05, 0) is 43.2 Å². The van der Waals surface area contributed by atoms with Crippen molar-refractivity contribution in [2.45, 2.75) is 24.2 Å². The minimum atomic E-state index is -4.01. The smallest absolute Gasteiger partial charge is 0.255 e. The van der Waals surface area contributed by atoms with Gasteiger partial charge >= 0.3 is 0 Å². The van der Waals surface area contributed by atoms with E-state index in [1.807, 2.05) is 0 Å². The number of rotatable bonds is 4. The summed E-state index contributed by atoms with van der Waals surface area (Å²) in [4.78, 5) is 12.0. The van der Waals surface area contributed by atoms with E-state index in [0.717, 1.165) is 31.4 Å². The zero-order valence-corrected chi connectivity index (χ0v) is 16.5. The summed E-state index contributed by atoms with van der Waals surface area (Å²) in [6.07, 6.45) is 2.40. The number of halogens is 3. The van der Waals surface area contributed by atoms with E-state index >= 15 is 0 Å². The van der Waals surface area contributed by atoms with Crippen LogP contribution < -0.4 is 5.32 Å². The van der Waals surface area contributed by atoms with Gasteiger partial charge in [-0.1, -0.05) is 35.7 Å². The molecule has 9 heteroatoms. The normalized spacial score (nSPS) is 15.5. The standard InChI is InChI=1S/C18H17Cl2FN2O3S/c19-13-5-4-6-15(17(13)20)22-18(24)12-7-8-14(21)16(11-12)27(25,26)23-9-2-1-3-10-23/h4-8,11H,1-3,9-10H2,(H,22,24). The predicted octanol–water partition coefficient (Wildman–Crippen LogP) is 4.56. The van der Waals surface area contributed by atoms with Crippen molar-refractivity contribution in [3.63, 3.8) is 0 Å². The highest BCUT2D eigenvalue weighted by Gasteiger charge is 2.29. The van der Waals surface area contributed by atoms with Crippen molar-refractivity contribution >= 4 is 44.8 Å². The molecule has 0 atom stereocenters. The van der Waals surface area contributed by atoms with Gasteiger partial charge in [0.2, 0.25) is 10.0 Å². The molecule has 1 aliphatic rings. The molecule has 1 heterocycles. The van der Waals surface area contributed by atoms with Gasteiger partial charge in [0.05, 0.1) is 15.7 Å². The maximum absolute atomic E-state index is 14.3. The van der Waals surface area contributed by atoms with E-state index in [2.05, 4.69) is 5.32 Å². The van der Waals surface area contributed by atoms with Gasteiger partial charge in [-0.2, -0.15) is 4.31 Å². The molecule has 5 nitrogen and oxygen atoms in total. The van der Waals surface area contributed by atoms with Gasteiger partial charge in [-0.15, -0.1) is 0 Å². The number of nitrogens with zero attached hydrogens (tertiary/aromatic N) is 1. The largest absolute Gasteiger partial charge is 0.321 e. The minimum absolute atomic E-state index is 0.00280. The predicted molar refractivity (Wildman–Crippen MR) is 103 cm³/mol. The number of anilines is 1. The molecule has 1 saturated heterocycles. The second-order valence-corrected chi connectivity index (χ2v) is 8.86. The lowest BCUT2D eigenvalue weighted by Crippen LogP contribution is -2.36. The summed E-state index contributed by atoms with van der Waals surface area (Å²) < 4.78 is 41.0. The summed E-state index contributed by atoms with van der Waals surface area (Å²) in [6, 6.07) is 7.99. The van der Waals surface area contributed by atoms with Gasteiger partial charge in [0.15, 0.2) is 0 Å². The topological polar surface area (TPSA) is 66.5 Å². The van der Waals surface area contributed by atoms with Crippen LogP contribution in [-0.4, -0.2) is 31.7 Å². The average molecular weight is 431 g/mol. The third-order valence-electron chi connectivity index (χ3n) is 4.33. The van der Waals surface area contributed by atoms with Crippen LogP contribution in [0.1, 0.15) is 29.6 Å². The molecule has 1 amide bonds. The number of carbonyl (C=O) groups is 1. The highest BCUT2D eigenvalue weighted by molar-refractivity contribution is 7.89. The molecule has 0 unspecified atom stereocenters. The summed E-state index contributed by atoms with van der Waals surface area (Å²) >= 11 is 12.0. The zero-order chi connectivity index (χ0) is 19.6. The second-order valence-electron chi connectivity index (χ2n) is 6.17. The number of nitrogens with one attached hydrogen (secondary N) is 1. The van der Waals surface area contributed by atoms with E-state index in [9.17, 15) is 17.6 Å². The van der Waals surface area contributed by atoms with Crippen LogP contribution in [0.4, 0.5) is 10.1 Å². The molecular formula is C18H17Cl2FN2O3S. The van der Waals surface area contributed by atoms with Crippen LogP contribution in [-0.2, 0) is 10.0 Å². The first-order valence-electron chi connectivity index (χ1n) is 8.36. The average Bonchev–Trinajstić information content (AvgIpc) is 2.66. The van der Waals surface area contributed by atoms with Crippen molar-refractivity contribution in [1.29, 1.82) is 0 Å². The van der Waals surface area contributed by atoms with E-state index in [0.29, 0.717) is 13.1 Å². The van der Waals surface area contributed by atoms with Gasteiger partial charge in [-0.3, -0.25) is 4.79 Å². The molecule has 2 aromatic rings. The van der Waals surface area contributed by atoms with Crippen LogP contribution in [0.2, 0.25) is 10.0 Å². The van der Waals surface area contributed by atoms with Crippen molar-refractivity contribution in [1.82, 2.24) is 4.31 Å². The van der Waals surface area contributed by atoms with Crippen LogP contribution in [0.3, 0.4) is 0 Å². The highest BCUT2D eigenvalue weighted by Crippen LogP contribution is 2.30. The van der Waals surface area contributed by atoms with Crippen LogP contribution >= 0.6 is 23.2 Å². The summed E-state index contributed by atoms with van der Waals surface area (Å²) in [5, 5.41) is 2.99. The van der Waals surface area contributed by atoms with Crippen LogP contribution in [0.5, 0.6) is 0 Å². The molecule has 144 valence electrons. The van der Waals surface area contributed by atoms with Gasteiger partial charge in [0.25, 0.3) is 5.91 Å². The molecule has 3 rings (SSSR count). The van der Waals surface area contributed by atoms with E-state index < -0.39 is 26.6 Å². The molecule has 0 bridgehead atoms. The first kappa shape index (κ1) is 20.1. The molecule has 1 aliphatic heterocycles. The van der Waals surface area contributed by atoms with Crippen molar-refractivity contribution < 1.29 is 17.6 Å². The summed E-state index contributed by atoms with van der Waals surface area (Å²) in [7, 11) is -4.01. The number of hydrogen-bond acceptors (Lipinski definition) is 3. The molecular weight excluding hydrogens is 414 g/mol. The lowest BCUT2D eigenvalue weighted by molar-refractivity contribution is 0.102. The Morgan fingerprint density at radius 2 is 1.78 bits per heavy atom. The Bertz CT molecular complexity index is 977. The van der Waals surface area contributed by atoms with Crippen LogP contribution in [0.15, 0.2) is 41.3 Å². The quantitative estimate of drug-likeness (QED) is 0.772. The number of carbonyl (C=O) groups excluding carboxylic acids is 1. The third-order valence-corrected chi connectivity index (χ3v) is 7.06. The second kappa shape index (κ2) is 8.14. The SMILES string of the molecule is O=C(Nc1cccc(Cl)c1Cl)c1ccc(F)c(S(=O)(=O)N2CCCCC2)c1. The fourth-order valence-corrected chi connectivity index (χ4v) is 4.84. The number of sulfonamides is 1. The number of hydrogen-bond donors (Lipinski definition) is 1. The summed E-state index contributed by atoms with van der Waals surface area (Å²) in [5.74, 6) is -1.51. The van der Waals surface area contributed by atoms with Crippen molar-refractivity contribution in [3.8, 4) is 0 Å². The van der Waals surface area contributed by atoms with Crippen LogP contribution in [0, 0.1) is 5.82 Å². The Morgan fingerprint density at radius 1 is 1.07 bits per heavy atom. The fourth-order valence-electron chi connectivity index (χ4n) is 2.88. The van der Waals surface area contributed by atoms with Crippen molar-refractivity contribution in [2.75, 3.05) is 18.4 Å². The Balaban J connectivity index is 1.90. The molecule has 2 aromatic carbocycles.